The van der Waals surface area contributed by atoms with E-state index in [0.29, 0.717) is 16.7 Å². The van der Waals surface area contributed by atoms with Crippen molar-refractivity contribution in [3.05, 3.63) is 81.4 Å². The average molecular weight is 392 g/mol. The minimum Gasteiger partial charge on any atom is -0.299 e. The third-order valence-corrected chi connectivity index (χ3v) is 4.07. The Morgan fingerprint density at radius 1 is 0.862 bits per heavy atom. The quantitative estimate of drug-likeness (QED) is 0.372. The zero-order chi connectivity index (χ0) is 20.4. The van der Waals surface area contributed by atoms with Crippen molar-refractivity contribution >= 4 is 33.9 Å². The number of anilines is 2. The summed E-state index contributed by atoms with van der Waals surface area (Å²) in [7, 11) is 0. The molecule has 0 saturated carbocycles. The average Bonchev–Trinajstić information content (AvgIpc) is 3.16. The Bertz CT molecular complexity index is 1220. The molecule has 2 heterocycles. The van der Waals surface area contributed by atoms with E-state index in [1.54, 1.807) is 18.2 Å². The van der Waals surface area contributed by atoms with Crippen molar-refractivity contribution in [3.8, 4) is 5.82 Å². The van der Waals surface area contributed by atoms with Crippen molar-refractivity contribution in [2.45, 2.75) is 0 Å². The maximum Gasteiger partial charge on any atom is 0.355 e. The third-order valence-electron chi connectivity index (χ3n) is 4.07. The Morgan fingerprint density at radius 2 is 1.62 bits per heavy atom. The fourth-order valence-electron chi connectivity index (χ4n) is 2.73. The molecule has 12 nitrogen and oxygen atoms in total. The van der Waals surface area contributed by atoms with Crippen LogP contribution in [0.25, 0.3) is 16.9 Å². The lowest BCUT2D eigenvalue weighted by molar-refractivity contribution is -0.384. The summed E-state index contributed by atoms with van der Waals surface area (Å²) in [4.78, 5) is 33.6. The minimum atomic E-state index is -0.593. The number of rotatable bonds is 6. The number of hydrazine groups is 1. The molecule has 29 heavy (non-hydrogen) atoms. The van der Waals surface area contributed by atoms with Crippen LogP contribution in [0.3, 0.4) is 0 Å². The number of non-ortho nitro benzene ring substituents is 1. The monoisotopic (exact) mass is 392 g/mol. The van der Waals surface area contributed by atoms with E-state index >= 15 is 0 Å². The van der Waals surface area contributed by atoms with Crippen LogP contribution in [0.5, 0.6) is 0 Å². The molecular weight excluding hydrogens is 380 g/mol. The summed E-state index contributed by atoms with van der Waals surface area (Å²) in [6.45, 7) is 0. The number of hydrogen-bond donors (Lipinski definition) is 2. The van der Waals surface area contributed by atoms with Gasteiger partial charge in [0.15, 0.2) is 0 Å². The fraction of sp³-hybridized carbons (Fsp3) is 0. The van der Waals surface area contributed by atoms with Gasteiger partial charge in [0.2, 0.25) is 11.6 Å². The van der Waals surface area contributed by atoms with E-state index in [9.17, 15) is 20.2 Å². The summed E-state index contributed by atoms with van der Waals surface area (Å²) in [5, 5.41) is 22.5. The zero-order valence-corrected chi connectivity index (χ0v) is 14.6. The molecule has 2 aromatic carbocycles. The maximum absolute atomic E-state index is 11.8. The summed E-state index contributed by atoms with van der Waals surface area (Å²) in [5.74, 6) is -0.0252. The molecule has 0 fully saturated rings. The molecule has 144 valence electrons. The molecule has 0 aliphatic heterocycles. The number of nitrogens with zero attached hydrogens (tertiary/aromatic N) is 6. The number of nitrogens with one attached hydrogen (secondary N) is 2. The fourth-order valence-corrected chi connectivity index (χ4v) is 2.73. The number of nitro benzene ring substituents is 1. The first-order valence-corrected chi connectivity index (χ1v) is 8.23. The van der Waals surface area contributed by atoms with E-state index in [1.807, 2.05) is 6.07 Å². The van der Waals surface area contributed by atoms with E-state index in [1.165, 1.54) is 41.5 Å². The van der Waals surface area contributed by atoms with Crippen LogP contribution in [0.15, 0.2) is 61.2 Å². The van der Waals surface area contributed by atoms with Crippen LogP contribution in [-0.2, 0) is 0 Å². The molecule has 0 bridgehead atoms. The molecular formula is C17H12N8O4. The third kappa shape index (κ3) is 3.37. The van der Waals surface area contributed by atoms with E-state index in [0.717, 1.165) is 0 Å². The Balaban J connectivity index is 1.68. The standard InChI is InChI=1S/C17H12N8O4/c26-24(27)12-7-5-11(6-8-12)21-22-16-15(25(28)29)17(19-9-18-16)23-10-20-13-3-1-2-4-14(13)23/h1-10,21H,(H,18,19,22). The van der Waals surface area contributed by atoms with Crippen molar-refractivity contribution in [1.82, 2.24) is 19.5 Å². The zero-order valence-electron chi connectivity index (χ0n) is 14.6. The number of benzene rings is 2. The second kappa shape index (κ2) is 7.19. The van der Waals surface area contributed by atoms with Crippen molar-refractivity contribution < 1.29 is 9.85 Å². The normalized spacial score (nSPS) is 10.6. The number of hydrogen-bond acceptors (Lipinski definition) is 9. The maximum atomic E-state index is 11.8. The number of aromatic nitrogens is 4. The summed E-state index contributed by atoms with van der Waals surface area (Å²) < 4.78 is 1.51. The molecule has 0 unspecified atom stereocenters. The van der Waals surface area contributed by atoms with Gasteiger partial charge in [0, 0.05) is 12.1 Å². The van der Waals surface area contributed by atoms with Crippen molar-refractivity contribution in [2.75, 3.05) is 10.9 Å². The molecule has 4 aromatic rings. The second-order valence-corrected chi connectivity index (χ2v) is 5.81. The van der Waals surface area contributed by atoms with Gasteiger partial charge in [0.1, 0.15) is 12.7 Å². The molecule has 0 radical (unpaired) electrons. The lowest BCUT2D eigenvalue weighted by Crippen LogP contribution is -2.14. The highest BCUT2D eigenvalue weighted by molar-refractivity contribution is 5.79. The van der Waals surface area contributed by atoms with Crippen LogP contribution in [0.1, 0.15) is 0 Å². The molecule has 4 rings (SSSR count). The topological polar surface area (TPSA) is 154 Å². The molecule has 0 aliphatic carbocycles. The summed E-state index contributed by atoms with van der Waals surface area (Å²) in [6.07, 6.45) is 2.64. The number of imidazole rings is 1. The van der Waals surface area contributed by atoms with Crippen LogP contribution >= 0.6 is 0 Å². The van der Waals surface area contributed by atoms with Gasteiger partial charge < -0.3 is 0 Å². The van der Waals surface area contributed by atoms with Crippen molar-refractivity contribution in [1.29, 1.82) is 0 Å². The molecule has 0 spiro atoms. The number of fused-ring (bicyclic) bond motifs is 1. The van der Waals surface area contributed by atoms with Gasteiger partial charge >= 0.3 is 5.69 Å². The summed E-state index contributed by atoms with van der Waals surface area (Å²) in [6, 6.07) is 12.7. The van der Waals surface area contributed by atoms with Gasteiger partial charge in [-0.25, -0.2) is 15.0 Å². The first-order chi connectivity index (χ1) is 14.0. The Morgan fingerprint density at radius 3 is 2.34 bits per heavy atom. The Labute approximate surface area is 162 Å². The van der Waals surface area contributed by atoms with Crippen molar-refractivity contribution in [3.63, 3.8) is 0 Å². The van der Waals surface area contributed by atoms with Gasteiger partial charge in [-0.15, -0.1) is 0 Å². The van der Waals surface area contributed by atoms with Crippen LogP contribution in [0.4, 0.5) is 22.9 Å². The highest BCUT2D eigenvalue weighted by Gasteiger charge is 2.25. The van der Waals surface area contributed by atoms with Gasteiger partial charge in [-0.2, -0.15) is 0 Å². The predicted octanol–water partition coefficient (Wildman–Crippen LogP) is 3.07. The van der Waals surface area contributed by atoms with Gasteiger partial charge in [0.25, 0.3) is 5.69 Å². The van der Waals surface area contributed by atoms with Crippen LogP contribution in [0, 0.1) is 20.2 Å². The molecule has 0 saturated heterocycles. The number of para-hydroxylation sites is 2. The smallest absolute Gasteiger partial charge is 0.299 e. The van der Waals surface area contributed by atoms with E-state index in [4.69, 9.17) is 0 Å². The molecule has 0 atom stereocenters. The summed E-state index contributed by atoms with van der Waals surface area (Å²) in [5.41, 5.74) is 6.75. The second-order valence-electron chi connectivity index (χ2n) is 5.81. The van der Waals surface area contributed by atoms with Gasteiger partial charge in [-0.3, -0.25) is 35.6 Å². The summed E-state index contributed by atoms with van der Waals surface area (Å²) >= 11 is 0. The van der Waals surface area contributed by atoms with Crippen LogP contribution in [0.2, 0.25) is 0 Å². The first kappa shape index (κ1) is 17.8. The lowest BCUT2D eigenvalue weighted by atomic mass is 10.3. The lowest BCUT2D eigenvalue weighted by Gasteiger charge is -2.11. The van der Waals surface area contributed by atoms with E-state index in [-0.39, 0.29) is 23.0 Å². The number of nitro groups is 2. The molecule has 0 aliphatic rings. The first-order valence-electron chi connectivity index (χ1n) is 8.23. The SMILES string of the molecule is O=[N+]([O-])c1ccc(NNc2ncnc(-n3cnc4ccccc43)c2[N+](=O)[O-])cc1. The molecule has 12 heteroatoms. The molecule has 2 N–H and O–H groups in total. The van der Waals surface area contributed by atoms with E-state index in [2.05, 4.69) is 25.8 Å². The van der Waals surface area contributed by atoms with Crippen LogP contribution in [-0.4, -0.2) is 29.4 Å². The van der Waals surface area contributed by atoms with Crippen LogP contribution < -0.4 is 10.9 Å². The highest BCUT2D eigenvalue weighted by Crippen LogP contribution is 2.30. The predicted molar refractivity (Wildman–Crippen MR) is 104 cm³/mol. The van der Waals surface area contributed by atoms with Gasteiger partial charge in [-0.05, 0) is 24.3 Å². The van der Waals surface area contributed by atoms with Gasteiger partial charge in [-0.1, -0.05) is 12.1 Å². The Hall–Kier alpha value is -4.61. The minimum absolute atomic E-state index is 0.0479. The highest BCUT2D eigenvalue weighted by atomic mass is 16.6. The molecule has 2 aromatic heterocycles. The largest absolute Gasteiger partial charge is 0.355 e. The Kier molecular flexibility index (Phi) is 4.41. The van der Waals surface area contributed by atoms with E-state index < -0.39 is 9.85 Å². The van der Waals surface area contributed by atoms with Crippen molar-refractivity contribution in [2.24, 2.45) is 0 Å². The molecule has 0 amide bonds. The van der Waals surface area contributed by atoms with Gasteiger partial charge in [0.05, 0.1) is 26.6 Å².